The Bertz CT molecular complexity index is 718. The first-order valence-electron chi connectivity index (χ1n) is 8.24. The van der Waals surface area contributed by atoms with Crippen LogP contribution in [0.5, 0.6) is 0 Å². The molecule has 0 aliphatic heterocycles. The second-order valence-corrected chi connectivity index (χ2v) is 5.85. The summed E-state index contributed by atoms with van der Waals surface area (Å²) in [5.41, 5.74) is 4.28. The van der Waals surface area contributed by atoms with Gasteiger partial charge in [0, 0.05) is 16.9 Å². The van der Waals surface area contributed by atoms with E-state index in [-0.39, 0.29) is 24.5 Å². The van der Waals surface area contributed by atoms with Gasteiger partial charge in [0.1, 0.15) is 0 Å². The molecule has 1 aromatic heterocycles. The maximum Gasteiger partial charge on any atom is 0.319 e. The molecule has 2 amide bonds. The van der Waals surface area contributed by atoms with Crippen molar-refractivity contribution >= 4 is 17.7 Å². The van der Waals surface area contributed by atoms with Crippen LogP contribution >= 0.6 is 0 Å². The Balaban J connectivity index is 1.91. The van der Waals surface area contributed by atoms with Crippen molar-refractivity contribution in [2.75, 3.05) is 11.9 Å². The third-order valence-electron chi connectivity index (χ3n) is 3.83. The summed E-state index contributed by atoms with van der Waals surface area (Å²) >= 11 is 0. The molecule has 0 radical (unpaired) electrons. The van der Waals surface area contributed by atoms with E-state index in [9.17, 15) is 9.59 Å². The summed E-state index contributed by atoms with van der Waals surface area (Å²) in [6.07, 6.45) is 0.219. The maximum atomic E-state index is 12.2. The number of nitrogens with zero attached hydrogens (tertiary/aromatic N) is 1. The Hall–Kier alpha value is -2.83. The summed E-state index contributed by atoms with van der Waals surface area (Å²) in [7, 11) is 0. The summed E-state index contributed by atoms with van der Waals surface area (Å²) < 4.78 is 4.91. The zero-order chi connectivity index (χ0) is 18.4. The van der Waals surface area contributed by atoms with Crippen molar-refractivity contribution in [2.24, 2.45) is 0 Å². The summed E-state index contributed by atoms with van der Waals surface area (Å²) in [6.45, 7) is 7.88. The third-order valence-corrected chi connectivity index (χ3v) is 3.83. The highest BCUT2D eigenvalue weighted by Gasteiger charge is 2.16. The van der Waals surface area contributed by atoms with Crippen LogP contribution in [0.1, 0.15) is 42.4 Å². The molecule has 25 heavy (non-hydrogen) atoms. The lowest BCUT2D eigenvalue weighted by molar-refractivity contribution is -0.142. The first-order valence-corrected chi connectivity index (χ1v) is 8.24. The average Bonchev–Trinajstić information content (AvgIpc) is 2.88. The van der Waals surface area contributed by atoms with Crippen LogP contribution in [0.2, 0.25) is 0 Å². The van der Waals surface area contributed by atoms with Crippen LogP contribution in [0.3, 0.4) is 0 Å². The van der Waals surface area contributed by atoms with Gasteiger partial charge in [0.15, 0.2) is 0 Å². The predicted molar refractivity (Wildman–Crippen MR) is 95.4 cm³/mol. The molecule has 0 spiro atoms. The van der Waals surface area contributed by atoms with Gasteiger partial charge >= 0.3 is 12.0 Å². The highest BCUT2D eigenvalue weighted by molar-refractivity contribution is 5.89. The number of carbonyl (C=O) groups is 2. The number of hydrogen-bond donors (Lipinski definition) is 3. The molecule has 7 nitrogen and oxygen atoms in total. The number of rotatable bonds is 6. The van der Waals surface area contributed by atoms with Gasteiger partial charge in [0.2, 0.25) is 0 Å². The standard InChI is InChI=1S/C18H24N4O3/c1-5-25-16(23)10-14-6-8-15(9-7-14)20-18(24)19-11(2)17-12(3)21-22-13(17)4/h6-9,11H,5,10H2,1-4H3,(H,21,22)(H2,19,20,24). The van der Waals surface area contributed by atoms with Gasteiger partial charge in [-0.25, -0.2) is 4.79 Å². The quantitative estimate of drug-likeness (QED) is 0.702. The predicted octanol–water partition coefficient (Wildman–Crippen LogP) is 3.01. The number of benzene rings is 1. The van der Waals surface area contributed by atoms with Crippen LogP contribution in [0.15, 0.2) is 24.3 Å². The molecule has 0 aliphatic carbocycles. The number of hydrogen-bond acceptors (Lipinski definition) is 4. The van der Waals surface area contributed by atoms with Gasteiger partial charge < -0.3 is 15.4 Å². The minimum absolute atomic E-state index is 0.165. The number of anilines is 1. The highest BCUT2D eigenvalue weighted by atomic mass is 16.5. The second kappa shape index (κ2) is 8.32. The average molecular weight is 344 g/mol. The molecule has 7 heteroatoms. The Labute approximate surface area is 147 Å². The number of nitrogens with one attached hydrogen (secondary N) is 3. The van der Waals surface area contributed by atoms with Gasteiger partial charge in [-0.05, 0) is 45.4 Å². The molecular formula is C18H24N4O3. The lowest BCUT2D eigenvalue weighted by Gasteiger charge is -2.15. The number of amides is 2. The number of carbonyl (C=O) groups excluding carboxylic acids is 2. The smallest absolute Gasteiger partial charge is 0.319 e. The fourth-order valence-corrected chi connectivity index (χ4v) is 2.72. The molecule has 1 heterocycles. The first kappa shape index (κ1) is 18.5. The molecule has 1 atom stereocenters. The van der Waals surface area contributed by atoms with Gasteiger partial charge in [0.25, 0.3) is 0 Å². The second-order valence-electron chi connectivity index (χ2n) is 5.85. The molecule has 1 aromatic carbocycles. The lowest BCUT2D eigenvalue weighted by atomic mass is 10.1. The zero-order valence-corrected chi connectivity index (χ0v) is 15.0. The largest absolute Gasteiger partial charge is 0.466 e. The van der Waals surface area contributed by atoms with E-state index in [0.717, 1.165) is 22.5 Å². The Morgan fingerprint density at radius 2 is 1.92 bits per heavy atom. The maximum absolute atomic E-state index is 12.2. The molecule has 3 N–H and O–H groups in total. The summed E-state index contributed by atoms with van der Waals surface area (Å²) in [4.78, 5) is 23.6. The fraction of sp³-hybridized carbons (Fsp3) is 0.389. The molecule has 0 bridgehead atoms. The van der Waals surface area contributed by atoms with Gasteiger partial charge in [-0.15, -0.1) is 0 Å². The van der Waals surface area contributed by atoms with Crippen LogP contribution < -0.4 is 10.6 Å². The molecule has 134 valence electrons. The number of ether oxygens (including phenoxy) is 1. The van der Waals surface area contributed by atoms with Crippen LogP contribution in [-0.2, 0) is 16.0 Å². The van der Waals surface area contributed by atoms with Gasteiger partial charge in [-0.3, -0.25) is 9.89 Å². The summed E-state index contributed by atoms with van der Waals surface area (Å²) in [5.74, 6) is -0.263. The van der Waals surface area contributed by atoms with Crippen molar-refractivity contribution in [1.82, 2.24) is 15.5 Å². The molecule has 1 unspecified atom stereocenters. The Kier molecular flexibility index (Phi) is 6.16. The van der Waals surface area contributed by atoms with Crippen molar-refractivity contribution in [1.29, 1.82) is 0 Å². The van der Waals surface area contributed by atoms with E-state index in [2.05, 4.69) is 20.8 Å². The minimum Gasteiger partial charge on any atom is -0.466 e. The monoisotopic (exact) mass is 344 g/mol. The van der Waals surface area contributed by atoms with Crippen molar-refractivity contribution in [2.45, 2.75) is 40.2 Å². The number of aryl methyl sites for hydroxylation is 2. The van der Waals surface area contributed by atoms with Crippen LogP contribution in [0.25, 0.3) is 0 Å². The van der Waals surface area contributed by atoms with E-state index in [1.165, 1.54) is 0 Å². The summed E-state index contributed by atoms with van der Waals surface area (Å²) in [6, 6.07) is 6.63. The van der Waals surface area contributed by atoms with Crippen LogP contribution in [0, 0.1) is 13.8 Å². The normalized spacial score (nSPS) is 11.7. The van der Waals surface area contributed by atoms with Gasteiger partial charge in [0.05, 0.1) is 24.8 Å². The summed E-state index contributed by atoms with van der Waals surface area (Å²) in [5, 5.41) is 12.7. The van der Waals surface area contributed by atoms with Crippen molar-refractivity contribution < 1.29 is 14.3 Å². The molecule has 0 fully saturated rings. The zero-order valence-electron chi connectivity index (χ0n) is 15.0. The lowest BCUT2D eigenvalue weighted by Crippen LogP contribution is -2.31. The number of aromatic amines is 1. The Morgan fingerprint density at radius 1 is 1.24 bits per heavy atom. The fourth-order valence-electron chi connectivity index (χ4n) is 2.72. The van der Waals surface area contributed by atoms with Crippen molar-refractivity contribution in [3.05, 3.63) is 46.8 Å². The molecular weight excluding hydrogens is 320 g/mol. The third kappa shape index (κ3) is 5.07. The van der Waals surface area contributed by atoms with Crippen LogP contribution in [0.4, 0.5) is 10.5 Å². The van der Waals surface area contributed by atoms with Gasteiger partial charge in [-0.1, -0.05) is 12.1 Å². The topological polar surface area (TPSA) is 96.1 Å². The van der Waals surface area contributed by atoms with Crippen LogP contribution in [-0.4, -0.2) is 28.8 Å². The van der Waals surface area contributed by atoms with E-state index in [1.54, 1.807) is 31.2 Å². The first-order chi connectivity index (χ1) is 11.9. The molecule has 0 saturated carbocycles. The molecule has 2 aromatic rings. The number of urea groups is 1. The van der Waals surface area contributed by atoms with E-state index >= 15 is 0 Å². The van der Waals surface area contributed by atoms with E-state index in [1.807, 2.05) is 20.8 Å². The van der Waals surface area contributed by atoms with E-state index < -0.39 is 0 Å². The van der Waals surface area contributed by atoms with E-state index in [0.29, 0.717) is 12.3 Å². The number of esters is 1. The molecule has 2 rings (SSSR count). The van der Waals surface area contributed by atoms with Crippen molar-refractivity contribution in [3.63, 3.8) is 0 Å². The number of H-pyrrole nitrogens is 1. The Morgan fingerprint density at radius 3 is 2.48 bits per heavy atom. The highest BCUT2D eigenvalue weighted by Crippen LogP contribution is 2.19. The minimum atomic E-state index is -0.300. The number of aromatic nitrogens is 2. The SMILES string of the molecule is CCOC(=O)Cc1ccc(NC(=O)NC(C)c2c(C)n[nH]c2C)cc1. The molecule has 0 aliphatic rings. The van der Waals surface area contributed by atoms with Gasteiger partial charge in [-0.2, -0.15) is 5.10 Å². The van der Waals surface area contributed by atoms with E-state index in [4.69, 9.17) is 4.74 Å². The molecule has 0 saturated heterocycles. The van der Waals surface area contributed by atoms with Crippen molar-refractivity contribution in [3.8, 4) is 0 Å².